The number of nitrogens with one attached hydrogen (secondary N) is 1. The number of aromatic nitrogens is 1. The molecule has 2 amide bonds. The normalized spacial score (nSPS) is 11.4. The summed E-state index contributed by atoms with van der Waals surface area (Å²) in [6.07, 6.45) is 1.34. The maximum absolute atomic E-state index is 12.5. The first-order chi connectivity index (χ1) is 13.4. The van der Waals surface area contributed by atoms with Gasteiger partial charge in [0.1, 0.15) is 5.69 Å². The van der Waals surface area contributed by atoms with Gasteiger partial charge in [0.25, 0.3) is 11.8 Å². The van der Waals surface area contributed by atoms with Crippen LogP contribution in [0.25, 0.3) is 0 Å². The highest BCUT2D eigenvalue weighted by Crippen LogP contribution is 2.15. The van der Waals surface area contributed by atoms with Crippen molar-refractivity contribution in [1.29, 1.82) is 0 Å². The molecule has 0 spiro atoms. The lowest BCUT2D eigenvalue weighted by atomic mass is 10.1. The number of halogens is 1. The number of esters is 1. The Morgan fingerprint density at radius 2 is 1.93 bits per heavy atom. The summed E-state index contributed by atoms with van der Waals surface area (Å²) in [6, 6.07) is 10.4. The number of amides is 2. The van der Waals surface area contributed by atoms with Crippen molar-refractivity contribution in [3.05, 3.63) is 59.4 Å². The average Bonchev–Trinajstić information content (AvgIpc) is 2.72. The predicted molar refractivity (Wildman–Crippen MR) is 107 cm³/mol. The van der Waals surface area contributed by atoms with E-state index >= 15 is 0 Å². The maximum atomic E-state index is 12.5. The number of methoxy groups -OCH3 is 1. The van der Waals surface area contributed by atoms with Crippen LogP contribution in [0.4, 0.5) is 5.69 Å². The third-order valence-electron chi connectivity index (χ3n) is 4.20. The van der Waals surface area contributed by atoms with E-state index in [4.69, 9.17) is 11.6 Å². The van der Waals surface area contributed by atoms with Crippen LogP contribution in [0.2, 0.25) is 0 Å². The van der Waals surface area contributed by atoms with Crippen LogP contribution in [-0.2, 0) is 9.53 Å². The van der Waals surface area contributed by atoms with Gasteiger partial charge >= 0.3 is 5.97 Å². The number of rotatable bonds is 7. The molecule has 1 N–H and O–H groups in total. The van der Waals surface area contributed by atoms with Crippen molar-refractivity contribution >= 4 is 35.1 Å². The number of nitrogens with zero attached hydrogens (tertiary/aromatic N) is 2. The Morgan fingerprint density at radius 1 is 1.21 bits per heavy atom. The third-order valence-corrected chi connectivity index (χ3v) is 4.57. The van der Waals surface area contributed by atoms with Crippen molar-refractivity contribution in [1.82, 2.24) is 9.88 Å². The molecule has 0 fully saturated rings. The van der Waals surface area contributed by atoms with Gasteiger partial charge in [0.15, 0.2) is 0 Å². The minimum absolute atomic E-state index is 0.0374. The van der Waals surface area contributed by atoms with E-state index in [-0.39, 0.29) is 29.9 Å². The zero-order valence-electron chi connectivity index (χ0n) is 15.9. The van der Waals surface area contributed by atoms with Crippen LogP contribution in [0.3, 0.4) is 0 Å². The smallest absolute Gasteiger partial charge is 0.311 e. The molecule has 1 unspecified atom stereocenters. The summed E-state index contributed by atoms with van der Waals surface area (Å²) >= 11 is 5.77. The second kappa shape index (κ2) is 9.85. The molecule has 0 aliphatic heterocycles. The topological polar surface area (TPSA) is 88.6 Å². The monoisotopic (exact) mass is 403 g/mol. The van der Waals surface area contributed by atoms with E-state index in [1.165, 1.54) is 30.3 Å². The highest BCUT2D eigenvalue weighted by atomic mass is 35.5. The Morgan fingerprint density at radius 3 is 2.50 bits per heavy atom. The fourth-order valence-electron chi connectivity index (χ4n) is 2.52. The summed E-state index contributed by atoms with van der Waals surface area (Å²) in [5.74, 6) is -1.77. The van der Waals surface area contributed by atoms with Crippen LogP contribution >= 0.6 is 11.6 Å². The van der Waals surface area contributed by atoms with E-state index in [0.717, 1.165) is 5.56 Å². The number of hydrogen-bond acceptors (Lipinski definition) is 5. The van der Waals surface area contributed by atoms with Gasteiger partial charge in [0, 0.05) is 31.4 Å². The third kappa shape index (κ3) is 5.29. The van der Waals surface area contributed by atoms with Gasteiger partial charge in [-0.15, -0.1) is 11.6 Å². The van der Waals surface area contributed by atoms with Crippen molar-refractivity contribution in [3.63, 3.8) is 0 Å². The zero-order chi connectivity index (χ0) is 20.7. The van der Waals surface area contributed by atoms with Crippen LogP contribution < -0.4 is 5.32 Å². The summed E-state index contributed by atoms with van der Waals surface area (Å²) in [5.41, 5.74) is 2.14. The summed E-state index contributed by atoms with van der Waals surface area (Å²) in [5, 5.41) is 2.81. The van der Waals surface area contributed by atoms with E-state index in [1.54, 1.807) is 7.05 Å². The van der Waals surface area contributed by atoms with Crippen molar-refractivity contribution in [2.24, 2.45) is 5.92 Å². The van der Waals surface area contributed by atoms with Crippen LogP contribution in [0.5, 0.6) is 0 Å². The summed E-state index contributed by atoms with van der Waals surface area (Å²) in [4.78, 5) is 41.9. The average molecular weight is 404 g/mol. The largest absolute Gasteiger partial charge is 0.469 e. The van der Waals surface area contributed by atoms with Gasteiger partial charge in [0.05, 0.1) is 18.6 Å². The Kier molecular flexibility index (Phi) is 7.52. The molecule has 2 rings (SSSR count). The number of anilines is 1. The number of alkyl halides is 1. The quantitative estimate of drug-likeness (QED) is 0.567. The van der Waals surface area contributed by atoms with Crippen LogP contribution in [0, 0.1) is 12.8 Å². The van der Waals surface area contributed by atoms with Gasteiger partial charge in [0.2, 0.25) is 0 Å². The predicted octanol–water partition coefficient (Wildman–Crippen LogP) is 2.74. The fourth-order valence-corrected chi connectivity index (χ4v) is 2.75. The Bertz CT molecular complexity index is 855. The van der Waals surface area contributed by atoms with Crippen molar-refractivity contribution in [2.75, 3.05) is 31.9 Å². The second-order valence-electron chi connectivity index (χ2n) is 6.26. The molecule has 148 valence electrons. The van der Waals surface area contributed by atoms with Gasteiger partial charge in [-0.25, -0.2) is 0 Å². The highest BCUT2D eigenvalue weighted by Gasteiger charge is 2.23. The van der Waals surface area contributed by atoms with E-state index in [1.807, 2.05) is 31.2 Å². The van der Waals surface area contributed by atoms with Crippen molar-refractivity contribution in [2.45, 2.75) is 6.92 Å². The SMILES string of the molecule is COC(=O)C(CCl)CN(C)C(=O)c1ccc(C(=O)Nc2ccccc2C)cn1. The summed E-state index contributed by atoms with van der Waals surface area (Å²) in [6.45, 7) is 2.00. The molecule has 7 nitrogen and oxygen atoms in total. The molecule has 0 bridgehead atoms. The molecule has 0 radical (unpaired) electrons. The Hall–Kier alpha value is -2.93. The minimum atomic E-state index is -0.625. The fraction of sp³-hybridized carbons (Fsp3) is 0.300. The van der Waals surface area contributed by atoms with Gasteiger partial charge < -0.3 is 15.0 Å². The molecule has 28 heavy (non-hydrogen) atoms. The number of carbonyl (C=O) groups excluding carboxylic acids is 3. The van der Waals surface area contributed by atoms with Gasteiger partial charge in [-0.2, -0.15) is 0 Å². The van der Waals surface area contributed by atoms with E-state index in [0.29, 0.717) is 11.3 Å². The molecule has 1 heterocycles. The molecule has 1 atom stereocenters. The van der Waals surface area contributed by atoms with E-state index < -0.39 is 11.9 Å². The van der Waals surface area contributed by atoms with E-state index in [2.05, 4.69) is 15.0 Å². The lowest BCUT2D eigenvalue weighted by molar-refractivity contribution is -0.144. The maximum Gasteiger partial charge on any atom is 0.311 e. The van der Waals surface area contributed by atoms with Gasteiger partial charge in [-0.1, -0.05) is 18.2 Å². The van der Waals surface area contributed by atoms with Crippen LogP contribution in [0.15, 0.2) is 42.6 Å². The molecule has 2 aromatic rings. The first-order valence-corrected chi connectivity index (χ1v) is 9.13. The number of pyridine rings is 1. The van der Waals surface area contributed by atoms with Crippen molar-refractivity contribution < 1.29 is 19.1 Å². The molecule has 1 aromatic carbocycles. The molecular weight excluding hydrogens is 382 g/mol. The van der Waals surface area contributed by atoms with Crippen molar-refractivity contribution in [3.8, 4) is 0 Å². The first kappa shape index (κ1) is 21.4. The standard InChI is InChI=1S/C20H22ClN3O4/c1-13-6-4-5-7-16(13)23-18(25)14-8-9-17(22-11-14)19(26)24(2)12-15(10-21)20(27)28-3/h4-9,11,15H,10,12H2,1-3H3,(H,23,25). The lowest BCUT2D eigenvalue weighted by Gasteiger charge is -2.21. The van der Waals surface area contributed by atoms with Crippen LogP contribution in [0.1, 0.15) is 26.4 Å². The molecule has 0 saturated heterocycles. The molecule has 0 aliphatic rings. The minimum Gasteiger partial charge on any atom is -0.469 e. The number of aryl methyl sites for hydroxylation is 1. The molecule has 0 aliphatic carbocycles. The molecule has 8 heteroatoms. The molecule has 1 aromatic heterocycles. The summed E-state index contributed by atoms with van der Waals surface area (Å²) < 4.78 is 4.67. The number of hydrogen-bond donors (Lipinski definition) is 1. The summed E-state index contributed by atoms with van der Waals surface area (Å²) in [7, 11) is 2.82. The second-order valence-corrected chi connectivity index (χ2v) is 6.57. The number of benzene rings is 1. The van der Waals surface area contributed by atoms with E-state index in [9.17, 15) is 14.4 Å². The zero-order valence-corrected chi connectivity index (χ0v) is 16.7. The highest BCUT2D eigenvalue weighted by molar-refractivity contribution is 6.19. The Labute approximate surface area is 168 Å². The number of ether oxygens (including phenoxy) is 1. The van der Waals surface area contributed by atoms with Crippen LogP contribution in [-0.4, -0.2) is 54.2 Å². The van der Waals surface area contributed by atoms with Gasteiger partial charge in [-0.3, -0.25) is 19.4 Å². The molecular formula is C20H22ClN3O4. The van der Waals surface area contributed by atoms with Gasteiger partial charge in [-0.05, 0) is 30.7 Å². The number of para-hydroxylation sites is 1. The Balaban J connectivity index is 2.04. The number of carbonyl (C=O) groups is 3. The lowest BCUT2D eigenvalue weighted by Crippen LogP contribution is -2.36. The first-order valence-electron chi connectivity index (χ1n) is 8.59. The molecule has 0 saturated carbocycles.